The molecule has 0 aromatic carbocycles. The van der Waals surface area contributed by atoms with E-state index in [-0.39, 0.29) is 0 Å². The first-order valence-electron chi connectivity index (χ1n) is 6.39. The summed E-state index contributed by atoms with van der Waals surface area (Å²) in [5.74, 6) is 1.44. The predicted octanol–water partition coefficient (Wildman–Crippen LogP) is 3.49. The third-order valence-corrected chi connectivity index (χ3v) is 3.19. The van der Waals surface area contributed by atoms with Crippen molar-refractivity contribution < 1.29 is 0 Å². The molecule has 2 rings (SSSR count). The molecular formula is C14H17ClN4. The van der Waals surface area contributed by atoms with Crippen molar-refractivity contribution in [2.24, 2.45) is 0 Å². The van der Waals surface area contributed by atoms with E-state index in [1.54, 1.807) is 18.3 Å². The molecule has 2 aromatic heterocycles. The fourth-order valence-electron chi connectivity index (χ4n) is 1.99. The van der Waals surface area contributed by atoms with E-state index < -0.39 is 0 Å². The van der Waals surface area contributed by atoms with Crippen LogP contribution >= 0.6 is 11.6 Å². The van der Waals surface area contributed by atoms with Gasteiger partial charge in [-0.2, -0.15) is 0 Å². The van der Waals surface area contributed by atoms with Crippen LogP contribution in [0.1, 0.15) is 25.1 Å². The SMILES string of the molecule is CCNc1nc(-c2ncccc2Cl)nc(C)c1CC. The van der Waals surface area contributed by atoms with Gasteiger partial charge in [-0.3, -0.25) is 4.98 Å². The van der Waals surface area contributed by atoms with Gasteiger partial charge in [-0.05, 0) is 32.4 Å². The molecule has 1 N–H and O–H groups in total. The smallest absolute Gasteiger partial charge is 0.181 e. The second-order valence-electron chi connectivity index (χ2n) is 4.18. The lowest BCUT2D eigenvalue weighted by Crippen LogP contribution is -2.08. The summed E-state index contributed by atoms with van der Waals surface area (Å²) in [7, 11) is 0. The number of aromatic nitrogens is 3. The molecule has 0 aliphatic rings. The minimum absolute atomic E-state index is 0.564. The van der Waals surface area contributed by atoms with Crippen LogP contribution in [-0.2, 0) is 6.42 Å². The number of rotatable bonds is 4. The largest absolute Gasteiger partial charge is 0.370 e. The molecule has 2 aromatic rings. The molecule has 0 amide bonds. The zero-order chi connectivity index (χ0) is 13.8. The fraction of sp³-hybridized carbons (Fsp3) is 0.357. The molecule has 0 saturated carbocycles. The van der Waals surface area contributed by atoms with E-state index in [1.165, 1.54) is 0 Å². The summed E-state index contributed by atoms with van der Waals surface area (Å²) in [6, 6.07) is 3.59. The Morgan fingerprint density at radius 2 is 2.05 bits per heavy atom. The number of anilines is 1. The van der Waals surface area contributed by atoms with E-state index in [1.807, 2.05) is 13.8 Å². The monoisotopic (exact) mass is 276 g/mol. The molecule has 0 atom stereocenters. The predicted molar refractivity (Wildman–Crippen MR) is 78.6 cm³/mol. The van der Waals surface area contributed by atoms with Gasteiger partial charge in [0.05, 0.1) is 5.02 Å². The van der Waals surface area contributed by atoms with E-state index >= 15 is 0 Å². The van der Waals surface area contributed by atoms with Crippen LogP contribution in [0.25, 0.3) is 11.5 Å². The molecule has 4 nitrogen and oxygen atoms in total. The molecular weight excluding hydrogens is 260 g/mol. The van der Waals surface area contributed by atoms with Gasteiger partial charge >= 0.3 is 0 Å². The summed E-state index contributed by atoms with van der Waals surface area (Å²) in [5, 5.41) is 3.84. The molecule has 0 spiro atoms. The van der Waals surface area contributed by atoms with Crippen LogP contribution in [0.3, 0.4) is 0 Å². The van der Waals surface area contributed by atoms with Gasteiger partial charge in [0.25, 0.3) is 0 Å². The van der Waals surface area contributed by atoms with Gasteiger partial charge in [-0.15, -0.1) is 0 Å². The average Bonchev–Trinajstić information content (AvgIpc) is 2.39. The van der Waals surface area contributed by atoms with Gasteiger partial charge in [0, 0.05) is 24.0 Å². The molecule has 0 fully saturated rings. The first kappa shape index (κ1) is 13.7. The van der Waals surface area contributed by atoms with E-state index in [0.29, 0.717) is 16.5 Å². The highest BCUT2D eigenvalue weighted by atomic mass is 35.5. The van der Waals surface area contributed by atoms with Crippen LogP contribution in [0.5, 0.6) is 0 Å². The van der Waals surface area contributed by atoms with Crippen LogP contribution in [0.2, 0.25) is 5.02 Å². The van der Waals surface area contributed by atoms with Gasteiger partial charge < -0.3 is 5.32 Å². The van der Waals surface area contributed by atoms with Gasteiger partial charge in [-0.1, -0.05) is 18.5 Å². The molecule has 0 bridgehead atoms. The van der Waals surface area contributed by atoms with Crippen molar-refractivity contribution in [1.82, 2.24) is 15.0 Å². The van der Waals surface area contributed by atoms with Gasteiger partial charge in [0.2, 0.25) is 0 Å². The Bertz CT molecular complexity index is 584. The minimum Gasteiger partial charge on any atom is -0.370 e. The first-order valence-corrected chi connectivity index (χ1v) is 6.77. The molecule has 19 heavy (non-hydrogen) atoms. The Balaban J connectivity index is 2.57. The average molecular weight is 277 g/mol. The number of hydrogen-bond acceptors (Lipinski definition) is 4. The summed E-state index contributed by atoms with van der Waals surface area (Å²) in [4.78, 5) is 13.3. The summed E-state index contributed by atoms with van der Waals surface area (Å²) in [5.41, 5.74) is 2.72. The van der Waals surface area contributed by atoms with Crippen LogP contribution in [0.4, 0.5) is 5.82 Å². The zero-order valence-electron chi connectivity index (χ0n) is 11.4. The summed E-state index contributed by atoms with van der Waals surface area (Å²) in [6.45, 7) is 6.95. The number of aryl methyl sites for hydroxylation is 1. The lowest BCUT2D eigenvalue weighted by molar-refractivity contribution is 0.983. The number of halogens is 1. The second kappa shape index (κ2) is 5.97. The Labute approximate surface area is 118 Å². The lowest BCUT2D eigenvalue weighted by Gasteiger charge is -2.12. The highest BCUT2D eigenvalue weighted by molar-refractivity contribution is 6.32. The van der Waals surface area contributed by atoms with Crippen LogP contribution in [0, 0.1) is 6.92 Å². The Morgan fingerprint density at radius 1 is 1.26 bits per heavy atom. The van der Waals surface area contributed by atoms with Crippen molar-refractivity contribution in [2.75, 3.05) is 11.9 Å². The van der Waals surface area contributed by atoms with Crippen molar-refractivity contribution >= 4 is 17.4 Å². The molecule has 2 heterocycles. The maximum atomic E-state index is 6.15. The summed E-state index contributed by atoms with van der Waals surface area (Å²) in [6.07, 6.45) is 2.59. The quantitative estimate of drug-likeness (QED) is 0.929. The topological polar surface area (TPSA) is 50.7 Å². The molecule has 100 valence electrons. The summed E-state index contributed by atoms with van der Waals surface area (Å²) < 4.78 is 0. The van der Waals surface area contributed by atoms with Crippen LogP contribution in [-0.4, -0.2) is 21.5 Å². The molecule has 5 heteroatoms. The Kier molecular flexibility index (Phi) is 4.32. The number of pyridine rings is 1. The highest BCUT2D eigenvalue weighted by Crippen LogP contribution is 2.26. The fourth-order valence-corrected chi connectivity index (χ4v) is 2.20. The van der Waals surface area contributed by atoms with E-state index in [9.17, 15) is 0 Å². The number of hydrogen-bond donors (Lipinski definition) is 1. The third-order valence-electron chi connectivity index (χ3n) is 2.88. The standard InChI is InChI=1S/C14H17ClN4/c1-4-10-9(3)18-14(19-13(10)16-5-2)12-11(15)7-6-8-17-12/h6-8H,4-5H2,1-3H3,(H,16,18,19). The lowest BCUT2D eigenvalue weighted by atomic mass is 10.1. The molecule has 0 aliphatic heterocycles. The maximum Gasteiger partial charge on any atom is 0.181 e. The molecule has 0 unspecified atom stereocenters. The molecule has 0 saturated heterocycles. The van der Waals surface area contributed by atoms with Crippen molar-refractivity contribution in [3.05, 3.63) is 34.6 Å². The van der Waals surface area contributed by atoms with Crippen molar-refractivity contribution in [2.45, 2.75) is 27.2 Å². The Morgan fingerprint density at radius 3 is 2.68 bits per heavy atom. The third kappa shape index (κ3) is 2.84. The maximum absolute atomic E-state index is 6.15. The number of nitrogens with zero attached hydrogens (tertiary/aromatic N) is 3. The number of nitrogens with one attached hydrogen (secondary N) is 1. The van der Waals surface area contributed by atoms with Crippen molar-refractivity contribution in [3.63, 3.8) is 0 Å². The minimum atomic E-state index is 0.564. The normalized spacial score (nSPS) is 10.5. The van der Waals surface area contributed by atoms with E-state index in [4.69, 9.17) is 11.6 Å². The van der Waals surface area contributed by atoms with E-state index in [0.717, 1.165) is 30.0 Å². The van der Waals surface area contributed by atoms with Gasteiger partial charge in [0.1, 0.15) is 11.5 Å². The van der Waals surface area contributed by atoms with Crippen molar-refractivity contribution in [3.8, 4) is 11.5 Å². The second-order valence-corrected chi connectivity index (χ2v) is 4.58. The Hall–Kier alpha value is -1.68. The molecule has 0 radical (unpaired) electrons. The van der Waals surface area contributed by atoms with E-state index in [2.05, 4.69) is 27.2 Å². The van der Waals surface area contributed by atoms with Gasteiger partial charge in [0.15, 0.2) is 5.82 Å². The zero-order valence-corrected chi connectivity index (χ0v) is 12.1. The first-order chi connectivity index (χ1) is 9.17. The summed E-state index contributed by atoms with van der Waals surface area (Å²) >= 11 is 6.15. The van der Waals surface area contributed by atoms with Crippen molar-refractivity contribution in [1.29, 1.82) is 0 Å². The molecule has 0 aliphatic carbocycles. The van der Waals surface area contributed by atoms with Gasteiger partial charge in [-0.25, -0.2) is 9.97 Å². The highest BCUT2D eigenvalue weighted by Gasteiger charge is 2.13. The van der Waals surface area contributed by atoms with Crippen LogP contribution < -0.4 is 5.32 Å². The van der Waals surface area contributed by atoms with Crippen LogP contribution in [0.15, 0.2) is 18.3 Å².